The van der Waals surface area contributed by atoms with E-state index in [0.717, 1.165) is 44.0 Å². The van der Waals surface area contributed by atoms with E-state index in [1.807, 2.05) is 12.1 Å². The zero-order valence-electron chi connectivity index (χ0n) is 13.9. The number of rotatable bonds is 4. The maximum absolute atomic E-state index is 12.7. The van der Waals surface area contributed by atoms with Gasteiger partial charge in [0.15, 0.2) is 0 Å². The molecule has 0 amide bonds. The van der Waals surface area contributed by atoms with Gasteiger partial charge in [0, 0.05) is 10.4 Å². The topological polar surface area (TPSA) is 55.0 Å². The van der Waals surface area contributed by atoms with Crippen molar-refractivity contribution in [1.82, 2.24) is 9.97 Å². The summed E-state index contributed by atoms with van der Waals surface area (Å²) in [6, 6.07) is 3.81. The maximum Gasteiger partial charge on any atom is 0.260 e. The first-order valence-corrected chi connectivity index (χ1v) is 10.8. The summed E-state index contributed by atoms with van der Waals surface area (Å²) in [7, 11) is 0. The number of aryl methyl sites for hydroxylation is 2. The highest BCUT2D eigenvalue weighted by Gasteiger charge is 2.20. The van der Waals surface area contributed by atoms with E-state index in [1.54, 1.807) is 17.4 Å². The van der Waals surface area contributed by atoms with Crippen LogP contribution in [-0.4, -0.2) is 16.6 Å². The molecule has 134 valence electrons. The zero-order valence-corrected chi connectivity index (χ0v) is 17.9. The summed E-state index contributed by atoms with van der Waals surface area (Å²) in [5, 5.41) is 0.775. The molecule has 0 aliphatic heterocycles. The molecule has 1 aliphatic carbocycles. The van der Waals surface area contributed by atoms with Crippen LogP contribution in [-0.2, 0) is 12.8 Å². The van der Waals surface area contributed by atoms with E-state index >= 15 is 0 Å². The Labute approximate surface area is 171 Å². The maximum atomic E-state index is 12.7. The van der Waals surface area contributed by atoms with Crippen LogP contribution in [0.3, 0.4) is 0 Å². The molecule has 2 aromatic heterocycles. The number of aromatic amines is 1. The average molecular weight is 496 g/mol. The van der Waals surface area contributed by atoms with E-state index < -0.39 is 0 Å². The summed E-state index contributed by atoms with van der Waals surface area (Å²) in [6.07, 6.45) is 6.06. The molecular weight excluding hydrogens is 480 g/mol. The average Bonchev–Trinajstić information content (AvgIpc) is 2.99. The lowest BCUT2D eigenvalue weighted by Gasteiger charge is -2.11. The Morgan fingerprint density at radius 1 is 1.27 bits per heavy atom. The number of fused-ring (bicyclic) bond motifs is 3. The molecule has 1 aliphatic rings. The minimum Gasteiger partial charge on any atom is -0.487 e. The fraction of sp³-hybridized carbons (Fsp3) is 0.263. The van der Waals surface area contributed by atoms with E-state index in [2.05, 4.69) is 43.4 Å². The molecule has 0 bridgehead atoms. The predicted octanol–water partition coefficient (Wildman–Crippen LogP) is 5.62. The number of halogens is 2. The van der Waals surface area contributed by atoms with Gasteiger partial charge in [-0.1, -0.05) is 12.7 Å². The predicted molar refractivity (Wildman–Crippen MR) is 113 cm³/mol. The number of hydrogen-bond acceptors (Lipinski definition) is 4. The lowest BCUT2D eigenvalue weighted by Crippen LogP contribution is -2.11. The lowest BCUT2D eigenvalue weighted by molar-refractivity contribution is 0.358. The Morgan fingerprint density at radius 3 is 2.73 bits per heavy atom. The second kappa shape index (κ2) is 7.29. The van der Waals surface area contributed by atoms with Crippen LogP contribution in [0.1, 0.15) is 23.3 Å². The minimum absolute atomic E-state index is 0.0522. The van der Waals surface area contributed by atoms with Crippen LogP contribution in [0.5, 0.6) is 5.75 Å². The molecule has 0 unspecified atom stereocenters. The first kappa shape index (κ1) is 17.9. The third-order valence-electron chi connectivity index (χ3n) is 4.44. The van der Waals surface area contributed by atoms with Crippen LogP contribution < -0.4 is 10.3 Å². The molecule has 3 aromatic rings. The molecule has 4 rings (SSSR count). The van der Waals surface area contributed by atoms with Gasteiger partial charge in [0.25, 0.3) is 5.56 Å². The van der Waals surface area contributed by atoms with E-state index in [4.69, 9.17) is 9.72 Å². The van der Waals surface area contributed by atoms with Crippen LogP contribution >= 0.6 is 43.2 Å². The fourth-order valence-corrected chi connectivity index (χ4v) is 5.95. The largest absolute Gasteiger partial charge is 0.487 e. The van der Waals surface area contributed by atoms with Crippen molar-refractivity contribution in [2.75, 3.05) is 6.61 Å². The summed E-state index contributed by atoms with van der Waals surface area (Å²) in [5.74, 6) is 1.27. The Morgan fingerprint density at radius 2 is 2.00 bits per heavy atom. The van der Waals surface area contributed by atoms with Crippen LogP contribution in [0.2, 0.25) is 0 Å². The zero-order chi connectivity index (χ0) is 18.3. The molecule has 1 aromatic carbocycles. The highest BCUT2D eigenvalue weighted by Crippen LogP contribution is 2.38. The normalized spacial score (nSPS) is 13.6. The standard InChI is InChI=1S/C19H16Br2N2O2S/c1-2-7-25-16-12(20)8-10(9-13(16)21)17-22-18(24)15-11-5-3-4-6-14(11)26-19(15)23-17/h2,8-9H,1,3-7H2,(H,22,23,24). The second-order valence-corrected chi connectivity index (χ2v) is 8.97. The van der Waals surface area contributed by atoms with Crippen molar-refractivity contribution < 1.29 is 4.74 Å². The lowest BCUT2D eigenvalue weighted by atomic mass is 9.97. The van der Waals surface area contributed by atoms with E-state index in [1.165, 1.54) is 16.9 Å². The number of nitrogens with zero attached hydrogens (tertiary/aromatic N) is 1. The van der Waals surface area contributed by atoms with Crippen LogP contribution in [0.15, 0.2) is 38.5 Å². The molecule has 0 atom stereocenters. The SMILES string of the molecule is C=CCOc1c(Br)cc(-c2nc3sc4c(c3c(=O)[nH]2)CCCC4)cc1Br. The van der Waals surface area contributed by atoms with Crippen molar-refractivity contribution in [1.29, 1.82) is 0 Å². The number of benzene rings is 1. The molecular formula is C19H16Br2N2O2S. The molecule has 0 fully saturated rings. The number of aromatic nitrogens is 2. The van der Waals surface area contributed by atoms with Crippen molar-refractivity contribution in [2.45, 2.75) is 25.7 Å². The third-order valence-corrected chi connectivity index (χ3v) is 6.81. The molecule has 0 saturated heterocycles. The van der Waals surface area contributed by atoms with Gasteiger partial charge in [0.2, 0.25) is 0 Å². The number of ether oxygens (including phenoxy) is 1. The van der Waals surface area contributed by atoms with Gasteiger partial charge < -0.3 is 9.72 Å². The Bertz CT molecular complexity index is 1050. The summed E-state index contributed by atoms with van der Waals surface area (Å²) < 4.78 is 7.23. The first-order chi connectivity index (χ1) is 12.6. The quantitative estimate of drug-likeness (QED) is 0.478. The molecule has 7 heteroatoms. The van der Waals surface area contributed by atoms with Crippen molar-refractivity contribution >= 4 is 53.4 Å². The molecule has 26 heavy (non-hydrogen) atoms. The van der Waals surface area contributed by atoms with Crippen molar-refractivity contribution in [3.8, 4) is 17.1 Å². The molecule has 0 spiro atoms. The number of H-pyrrole nitrogens is 1. The van der Waals surface area contributed by atoms with Gasteiger partial charge in [-0.15, -0.1) is 11.3 Å². The van der Waals surface area contributed by atoms with Gasteiger partial charge in [0.1, 0.15) is 23.0 Å². The highest BCUT2D eigenvalue weighted by atomic mass is 79.9. The molecule has 0 saturated carbocycles. The summed E-state index contributed by atoms with van der Waals surface area (Å²) in [5.41, 5.74) is 1.97. The molecule has 2 heterocycles. The van der Waals surface area contributed by atoms with Gasteiger partial charge >= 0.3 is 0 Å². The third kappa shape index (κ3) is 3.17. The molecule has 1 N–H and O–H groups in total. The summed E-state index contributed by atoms with van der Waals surface area (Å²) >= 11 is 8.72. The number of hydrogen-bond donors (Lipinski definition) is 1. The first-order valence-electron chi connectivity index (χ1n) is 8.36. The van der Waals surface area contributed by atoms with Crippen molar-refractivity contribution in [3.05, 3.63) is 54.5 Å². The van der Waals surface area contributed by atoms with E-state index in [-0.39, 0.29) is 5.56 Å². The van der Waals surface area contributed by atoms with Gasteiger partial charge in [-0.25, -0.2) is 4.98 Å². The van der Waals surface area contributed by atoms with Gasteiger partial charge in [-0.2, -0.15) is 0 Å². The summed E-state index contributed by atoms with van der Waals surface area (Å²) in [4.78, 5) is 22.6. The summed E-state index contributed by atoms with van der Waals surface area (Å²) in [6.45, 7) is 4.08. The van der Waals surface area contributed by atoms with Crippen LogP contribution in [0, 0.1) is 0 Å². The van der Waals surface area contributed by atoms with E-state index in [9.17, 15) is 4.79 Å². The number of nitrogens with one attached hydrogen (secondary N) is 1. The Balaban J connectivity index is 1.82. The molecule has 0 radical (unpaired) electrons. The van der Waals surface area contributed by atoms with Gasteiger partial charge in [0.05, 0.1) is 14.3 Å². The van der Waals surface area contributed by atoms with E-state index in [0.29, 0.717) is 18.2 Å². The molecule has 4 nitrogen and oxygen atoms in total. The smallest absolute Gasteiger partial charge is 0.260 e. The van der Waals surface area contributed by atoms with Gasteiger partial charge in [-0.3, -0.25) is 4.79 Å². The number of thiophene rings is 1. The highest BCUT2D eigenvalue weighted by molar-refractivity contribution is 9.11. The monoisotopic (exact) mass is 494 g/mol. The van der Waals surface area contributed by atoms with Crippen LogP contribution in [0.25, 0.3) is 21.6 Å². The fourth-order valence-electron chi connectivity index (χ4n) is 3.28. The van der Waals surface area contributed by atoms with Crippen molar-refractivity contribution in [2.24, 2.45) is 0 Å². The Kier molecular flexibility index (Phi) is 5.03. The Hall–Kier alpha value is -1.44. The van der Waals surface area contributed by atoms with Gasteiger partial charge in [-0.05, 0) is 75.2 Å². The van der Waals surface area contributed by atoms with Crippen molar-refractivity contribution in [3.63, 3.8) is 0 Å². The second-order valence-electron chi connectivity index (χ2n) is 6.17. The van der Waals surface area contributed by atoms with Crippen LogP contribution in [0.4, 0.5) is 0 Å². The minimum atomic E-state index is -0.0522.